The molecule has 29 heteroatoms. The lowest BCUT2D eigenvalue weighted by Crippen LogP contribution is -2.74. The van der Waals surface area contributed by atoms with Crippen LogP contribution < -0.4 is 45.0 Å². The fourth-order valence-electron chi connectivity index (χ4n) is 18.4. The number of hydrogen-bond acceptors (Lipinski definition) is 23. The molecule has 16 rings (SSSR count). The number of pyridine rings is 2. The summed E-state index contributed by atoms with van der Waals surface area (Å²) < 4.78 is 12.3. The Morgan fingerprint density at radius 2 is 1.08 bits per heavy atom. The Balaban J connectivity index is 0.000000164. The van der Waals surface area contributed by atoms with E-state index in [1.54, 1.807) is 48.5 Å². The highest BCUT2D eigenvalue weighted by molar-refractivity contribution is 6.32. The molecule has 3 N–H and O–H groups in total. The summed E-state index contributed by atoms with van der Waals surface area (Å²) in [5.74, 6) is 0.540. The maximum Gasteiger partial charge on any atom is 0.263 e. The van der Waals surface area contributed by atoms with Crippen molar-refractivity contribution in [3.8, 4) is 23.6 Å². The van der Waals surface area contributed by atoms with Crippen LogP contribution in [0.5, 0.6) is 11.5 Å². The number of anilines is 4. The molecule has 10 aliphatic rings. The van der Waals surface area contributed by atoms with Gasteiger partial charge in [0.1, 0.15) is 59.5 Å². The second kappa shape index (κ2) is 35.5. The number of aromatic nitrogens is 2. The number of benzene rings is 4. The lowest BCUT2D eigenvalue weighted by molar-refractivity contribution is -0.164. The summed E-state index contributed by atoms with van der Waals surface area (Å²) in [7, 11) is 0. The highest BCUT2D eigenvalue weighted by Crippen LogP contribution is 2.56. The van der Waals surface area contributed by atoms with E-state index in [9.17, 15) is 58.0 Å². The molecule has 0 bridgehead atoms. The summed E-state index contributed by atoms with van der Waals surface area (Å²) in [4.78, 5) is 159. The molecule has 3 saturated carbocycles. The molecule has 8 fully saturated rings. The van der Waals surface area contributed by atoms with Crippen molar-refractivity contribution in [2.75, 3.05) is 105 Å². The maximum absolute atomic E-state index is 13.5. The number of carbonyl (C=O) groups excluding carboxylic acids is 11. The van der Waals surface area contributed by atoms with E-state index in [1.807, 2.05) is 59.5 Å². The molecule has 2 aromatic heterocycles. The molecule has 6 aromatic rings. The number of nitrogens with one attached hydrogen (secondary N) is 3. The van der Waals surface area contributed by atoms with E-state index in [0.717, 1.165) is 163 Å². The van der Waals surface area contributed by atoms with Crippen LogP contribution in [0.2, 0.25) is 10.0 Å². The molecule has 2 atom stereocenters. The zero-order valence-corrected chi connectivity index (χ0v) is 67.7. The van der Waals surface area contributed by atoms with Crippen molar-refractivity contribution in [3.05, 3.63) is 164 Å². The highest BCUT2D eigenvalue weighted by Gasteiger charge is 2.64. The van der Waals surface area contributed by atoms with Gasteiger partial charge in [-0.1, -0.05) is 50.9 Å². The van der Waals surface area contributed by atoms with Crippen LogP contribution in [-0.4, -0.2) is 205 Å². The van der Waals surface area contributed by atoms with Crippen molar-refractivity contribution >= 4 is 111 Å². The number of ether oxygens (including phenoxy) is 2. The topological polar surface area (TPSA) is 338 Å². The van der Waals surface area contributed by atoms with Gasteiger partial charge in [0, 0.05) is 168 Å². The summed E-state index contributed by atoms with van der Waals surface area (Å²) in [6.45, 7) is 19.7. The first-order valence-corrected chi connectivity index (χ1v) is 41.3. The second-order valence-corrected chi connectivity index (χ2v) is 34.1. The number of ketones is 3. The van der Waals surface area contributed by atoms with Crippen molar-refractivity contribution < 1.29 is 62.2 Å². The van der Waals surface area contributed by atoms with E-state index in [0.29, 0.717) is 80.5 Å². The molecule has 5 saturated heterocycles. The molecule has 7 amide bonds. The van der Waals surface area contributed by atoms with Crippen molar-refractivity contribution in [1.82, 2.24) is 40.6 Å². The second-order valence-electron chi connectivity index (χ2n) is 33.3. The Labute approximate surface area is 689 Å². The SMILES string of the molecule is CC1(C)C(NC(=O)c2ccc(N3CCC(CCN4CCN(c5cc6c(cn5)C(=O)N(C5CCC(=O)CC5=O)C6=O)CC4)CC3)cc2)C(C)(C)C1Oc1ccc(C#N)c(Cl)c1.N#Cc1ccc(OC2CC(CC(=O)c3ccc(N4CCC(CC=O)CC4)cc3)C2)cc1Cl.O=C1CCC(N2C(=O)c3cnc(N4CCNCC4)cc3C2=O)C(=O)N1. The molecule has 610 valence electrons. The first kappa shape index (κ1) is 82.6. The minimum atomic E-state index is -0.951. The van der Waals surface area contributed by atoms with Gasteiger partial charge < -0.3 is 44.5 Å². The van der Waals surface area contributed by atoms with Gasteiger partial charge in [0.05, 0.1) is 62.0 Å². The quantitative estimate of drug-likeness (QED) is 0.0277. The van der Waals surface area contributed by atoms with Crippen LogP contribution in [0.3, 0.4) is 0 Å². The summed E-state index contributed by atoms with van der Waals surface area (Å²) in [5.41, 5.74) is 4.74. The van der Waals surface area contributed by atoms with Crippen LogP contribution in [0.15, 0.2) is 109 Å². The first-order valence-electron chi connectivity index (χ1n) is 40.5. The Kier molecular flexibility index (Phi) is 25.0. The summed E-state index contributed by atoms with van der Waals surface area (Å²) in [6.07, 6.45) is 12.5. The zero-order valence-electron chi connectivity index (χ0n) is 66.2. The third kappa shape index (κ3) is 18.0. The van der Waals surface area contributed by atoms with E-state index in [2.05, 4.69) is 79.3 Å². The molecule has 2 unspecified atom stereocenters. The smallest absolute Gasteiger partial charge is 0.263 e. The van der Waals surface area contributed by atoms with E-state index < -0.39 is 41.6 Å². The summed E-state index contributed by atoms with van der Waals surface area (Å²) >= 11 is 12.3. The van der Waals surface area contributed by atoms with Crippen LogP contribution in [0.1, 0.15) is 191 Å². The van der Waals surface area contributed by atoms with Gasteiger partial charge in [0.2, 0.25) is 11.8 Å². The monoisotopic (exact) mass is 1630 g/mol. The average Bonchev–Trinajstić information content (AvgIpc) is 1.57. The molecule has 117 heavy (non-hydrogen) atoms. The fourth-order valence-corrected chi connectivity index (χ4v) is 18.8. The predicted molar refractivity (Wildman–Crippen MR) is 437 cm³/mol. The predicted octanol–water partition coefficient (Wildman–Crippen LogP) is 10.3. The minimum Gasteiger partial charge on any atom is -0.490 e. The number of nitriles is 2. The highest BCUT2D eigenvalue weighted by atomic mass is 35.5. The zero-order chi connectivity index (χ0) is 82.6. The van der Waals surface area contributed by atoms with Gasteiger partial charge in [-0.2, -0.15) is 10.5 Å². The van der Waals surface area contributed by atoms with Crippen molar-refractivity contribution in [1.29, 1.82) is 10.5 Å². The molecule has 3 aliphatic carbocycles. The molecule has 0 spiro atoms. The van der Waals surface area contributed by atoms with Crippen molar-refractivity contribution in [2.45, 2.75) is 148 Å². The number of rotatable bonds is 20. The summed E-state index contributed by atoms with van der Waals surface area (Å²) in [5, 5.41) is 27.6. The van der Waals surface area contributed by atoms with Gasteiger partial charge in [-0.25, -0.2) is 9.97 Å². The van der Waals surface area contributed by atoms with Crippen LogP contribution in [0.4, 0.5) is 23.0 Å². The number of piperidine rings is 3. The number of hydrogen-bond donors (Lipinski definition) is 3. The van der Waals surface area contributed by atoms with Gasteiger partial charge in [-0.3, -0.25) is 68.0 Å². The number of halogens is 2. The van der Waals surface area contributed by atoms with Gasteiger partial charge in [-0.05, 0) is 167 Å². The first-order chi connectivity index (χ1) is 56.3. The van der Waals surface area contributed by atoms with Crippen molar-refractivity contribution in [2.24, 2.45) is 28.6 Å². The lowest BCUT2D eigenvalue weighted by atomic mass is 9.49. The van der Waals surface area contributed by atoms with Crippen LogP contribution in [0, 0.1) is 51.2 Å². The molecular formula is C88H96Cl2N14O13. The van der Waals surface area contributed by atoms with E-state index in [1.165, 1.54) is 12.4 Å². The number of Topliss-reactive ketones (excluding diaryl/α,β-unsaturated/α-hetero) is 3. The number of nitrogens with zero attached hydrogens (tertiary/aromatic N) is 11. The van der Waals surface area contributed by atoms with Crippen LogP contribution in [-0.2, 0) is 24.0 Å². The Morgan fingerprint density at radius 3 is 1.60 bits per heavy atom. The minimum absolute atomic E-state index is 0.0846. The Hall–Kier alpha value is -11.0. The number of fused-ring (bicyclic) bond motifs is 2. The van der Waals surface area contributed by atoms with Gasteiger partial charge in [0.25, 0.3) is 29.5 Å². The van der Waals surface area contributed by atoms with Gasteiger partial charge >= 0.3 is 0 Å². The number of piperazine rings is 2. The number of amides is 7. The molecule has 7 aliphatic heterocycles. The largest absolute Gasteiger partial charge is 0.490 e. The van der Waals surface area contributed by atoms with Crippen LogP contribution >= 0.6 is 23.2 Å². The lowest BCUT2D eigenvalue weighted by Gasteiger charge is -2.63. The Bertz CT molecular complexity index is 4940. The summed E-state index contributed by atoms with van der Waals surface area (Å²) in [6, 6.07) is 31.5. The molecular weight excluding hydrogens is 1530 g/mol. The Morgan fingerprint density at radius 1 is 0.573 bits per heavy atom. The molecule has 27 nitrogen and oxygen atoms in total. The molecule has 4 aromatic carbocycles. The van der Waals surface area contributed by atoms with Crippen LogP contribution in [0.25, 0.3) is 0 Å². The number of imide groups is 3. The van der Waals surface area contributed by atoms with E-state index in [-0.39, 0.29) is 113 Å². The maximum atomic E-state index is 13.5. The number of carbonyl (C=O) groups is 11. The third-order valence-corrected chi connectivity index (χ3v) is 25.6. The number of aldehydes is 1. The fraction of sp³-hybridized carbons (Fsp3) is 0.466. The molecule has 0 radical (unpaired) electrons. The van der Waals surface area contributed by atoms with Crippen molar-refractivity contribution in [3.63, 3.8) is 0 Å². The molecule has 9 heterocycles. The van der Waals surface area contributed by atoms with E-state index in [4.69, 9.17) is 37.9 Å². The average molecular weight is 1630 g/mol. The van der Waals surface area contributed by atoms with E-state index >= 15 is 0 Å². The standard InChI is InChI=1S/C46H52ClN7O6.C26H27ClN2O3.C16H17N5O4/c1-45(2)43(46(3,4)44(45)60-33-11-7-30(26-48)36(47)24-33)50-40(57)29-5-8-31(9-6-29)52-17-14-28(15-18-52)13-16-51-19-21-53(22-20-51)39-25-34-35(27-49-39)42(59)54(41(34)58)37-12-10-32(55)23-38(37)56;27-25-16-23(6-3-21(25)17-28)32-24-13-19(14-24)15-26(31)20-1-4-22(5-2-20)29-10-7-18(8-11-29)9-12-30;22-13-2-1-11(14(23)19-13)21-15(24)9-7-12(18-8-10(9)16(21)25)20-5-3-17-4-6-20/h5-9,11,24-25,27-28,37,43-44H,10,12-23H2,1-4H3,(H,50,57);1-6,12,16,18-19,24H,7-11,13-15H2;7-8,11,17H,1-6H2,(H,19,22,23). The third-order valence-electron chi connectivity index (χ3n) is 25.0. The van der Waals surface area contributed by atoms with Gasteiger partial charge in [-0.15, -0.1) is 0 Å². The normalized spacial score (nSPS) is 23.2. The van der Waals surface area contributed by atoms with Gasteiger partial charge in [0.15, 0.2) is 11.6 Å².